The Hall–Kier alpha value is -2.36. The average molecular weight is 449 g/mol. The number of carbonyl (C=O) groups is 2. The second-order valence-electron chi connectivity index (χ2n) is 5.60. The number of methoxy groups -OCH3 is 1. The summed E-state index contributed by atoms with van der Waals surface area (Å²) >= 11 is 11.6. The Morgan fingerprint density at radius 3 is 2.39 bits per heavy atom. The third kappa shape index (κ3) is 5.34. The molecule has 28 heavy (non-hydrogen) atoms. The van der Waals surface area contributed by atoms with E-state index in [2.05, 4.69) is 10.1 Å². The molecule has 0 spiro atoms. The normalized spacial score (nSPS) is 11.0. The number of carbonyl (C=O) groups excluding carboxylic acids is 2. The lowest BCUT2D eigenvalue weighted by molar-refractivity contribution is -0.114. The molecule has 1 amide bonds. The Kier molecular flexibility index (Phi) is 6.87. The van der Waals surface area contributed by atoms with E-state index in [-0.39, 0.29) is 27.0 Å². The highest BCUT2D eigenvalue weighted by Crippen LogP contribution is 2.25. The Balaban J connectivity index is 2.25. The zero-order valence-corrected chi connectivity index (χ0v) is 17.0. The van der Waals surface area contributed by atoms with Crippen LogP contribution < -0.4 is 9.62 Å². The highest BCUT2D eigenvalue weighted by atomic mass is 35.5. The molecule has 0 aliphatic rings. The van der Waals surface area contributed by atoms with Gasteiger partial charge < -0.3 is 10.1 Å². The summed E-state index contributed by atoms with van der Waals surface area (Å²) < 4.78 is 42.9. The largest absolute Gasteiger partial charge is 0.465 e. The van der Waals surface area contributed by atoms with Gasteiger partial charge >= 0.3 is 5.97 Å². The van der Waals surface area contributed by atoms with Gasteiger partial charge in [0, 0.05) is 5.69 Å². The zero-order chi connectivity index (χ0) is 21.1. The Morgan fingerprint density at radius 2 is 1.82 bits per heavy atom. The van der Waals surface area contributed by atoms with E-state index in [1.54, 1.807) is 0 Å². The molecule has 0 fully saturated rings. The SMILES string of the molecule is COC(=O)c1cc(NC(=O)CN(c2ccc(F)c(Cl)c2)S(C)(=O)=O)ccc1Cl. The molecule has 2 rings (SSSR count). The van der Waals surface area contributed by atoms with Crippen LogP contribution in [0, 0.1) is 5.82 Å². The Morgan fingerprint density at radius 1 is 1.14 bits per heavy atom. The first-order valence-electron chi connectivity index (χ1n) is 7.63. The van der Waals surface area contributed by atoms with E-state index in [1.165, 1.54) is 31.4 Å². The van der Waals surface area contributed by atoms with Crippen molar-refractivity contribution in [2.75, 3.05) is 29.5 Å². The van der Waals surface area contributed by atoms with Crippen molar-refractivity contribution in [3.05, 3.63) is 57.8 Å². The minimum atomic E-state index is -3.87. The molecular formula is C17H15Cl2FN2O5S. The van der Waals surface area contributed by atoms with Gasteiger partial charge in [0.15, 0.2) is 0 Å². The molecule has 0 aromatic heterocycles. The van der Waals surface area contributed by atoms with Gasteiger partial charge in [0.25, 0.3) is 0 Å². The van der Waals surface area contributed by atoms with Gasteiger partial charge in [0.1, 0.15) is 12.4 Å². The van der Waals surface area contributed by atoms with Crippen molar-refractivity contribution in [1.29, 1.82) is 0 Å². The van der Waals surface area contributed by atoms with Crippen molar-refractivity contribution in [2.45, 2.75) is 0 Å². The van der Waals surface area contributed by atoms with Crippen LogP contribution in [-0.4, -0.2) is 40.2 Å². The number of amides is 1. The third-order valence-electron chi connectivity index (χ3n) is 3.53. The van der Waals surface area contributed by atoms with Crippen LogP contribution in [0.15, 0.2) is 36.4 Å². The molecule has 0 atom stereocenters. The summed E-state index contributed by atoms with van der Waals surface area (Å²) in [6.45, 7) is -0.600. The number of sulfonamides is 1. The number of halogens is 3. The van der Waals surface area contributed by atoms with Gasteiger partial charge in [-0.2, -0.15) is 0 Å². The standard InChI is InChI=1S/C17H15Cl2FN2O5S/c1-27-17(24)12-7-10(3-5-13(12)18)21-16(23)9-22(28(2,25)26)11-4-6-15(20)14(19)8-11/h3-8H,9H2,1-2H3,(H,21,23). The quantitative estimate of drug-likeness (QED) is 0.684. The van der Waals surface area contributed by atoms with Gasteiger partial charge in [-0.3, -0.25) is 9.10 Å². The number of hydrogen-bond donors (Lipinski definition) is 1. The fraction of sp³-hybridized carbons (Fsp3) is 0.176. The van der Waals surface area contributed by atoms with Crippen molar-refractivity contribution >= 4 is 56.5 Å². The second kappa shape index (κ2) is 8.76. The van der Waals surface area contributed by atoms with Gasteiger partial charge in [-0.05, 0) is 36.4 Å². The van der Waals surface area contributed by atoms with Crippen molar-refractivity contribution in [3.8, 4) is 0 Å². The molecule has 2 aromatic rings. The summed E-state index contributed by atoms with van der Waals surface area (Å²) in [6.07, 6.45) is 0.898. The van der Waals surface area contributed by atoms with Gasteiger partial charge in [0.2, 0.25) is 15.9 Å². The third-order valence-corrected chi connectivity index (χ3v) is 5.29. The Bertz CT molecular complexity index is 1030. The van der Waals surface area contributed by atoms with Crippen LogP contribution in [0.5, 0.6) is 0 Å². The molecule has 0 radical (unpaired) electrons. The number of nitrogens with one attached hydrogen (secondary N) is 1. The monoisotopic (exact) mass is 448 g/mol. The van der Waals surface area contributed by atoms with E-state index in [1.807, 2.05) is 0 Å². The summed E-state index contributed by atoms with van der Waals surface area (Å²) in [5.74, 6) is -2.12. The van der Waals surface area contributed by atoms with Crippen molar-refractivity contribution < 1.29 is 27.1 Å². The first-order chi connectivity index (χ1) is 13.0. The molecular weight excluding hydrogens is 434 g/mol. The number of anilines is 2. The topological polar surface area (TPSA) is 92.8 Å². The lowest BCUT2D eigenvalue weighted by Crippen LogP contribution is -2.37. The van der Waals surface area contributed by atoms with Crippen LogP contribution in [0.4, 0.5) is 15.8 Å². The summed E-state index contributed by atoms with van der Waals surface area (Å²) in [6, 6.07) is 7.40. The van der Waals surface area contributed by atoms with Gasteiger partial charge in [-0.15, -0.1) is 0 Å². The van der Waals surface area contributed by atoms with Crippen LogP contribution in [0.25, 0.3) is 0 Å². The van der Waals surface area contributed by atoms with Gasteiger partial charge in [-0.25, -0.2) is 17.6 Å². The molecule has 0 bridgehead atoms. The van der Waals surface area contributed by atoms with E-state index in [4.69, 9.17) is 23.2 Å². The summed E-state index contributed by atoms with van der Waals surface area (Å²) in [5, 5.41) is 2.31. The number of nitrogens with zero attached hydrogens (tertiary/aromatic N) is 1. The number of benzene rings is 2. The molecule has 0 saturated heterocycles. The van der Waals surface area contributed by atoms with E-state index in [0.29, 0.717) is 0 Å². The number of rotatable bonds is 6. The fourth-order valence-corrected chi connectivity index (χ4v) is 3.46. The van der Waals surface area contributed by atoms with Crippen LogP contribution in [0.1, 0.15) is 10.4 Å². The number of hydrogen-bond acceptors (Lipinski definition) is 5. The second-order valence-corrected chi connectivity index (χ2v) is 8.32. The molecule has 7 nitrogen and oxygen atoms in total. The molecule has 0 aliphatic carbocycles. The molecule has 11 heteroatoms. The molecule has 0 unspecified atom stereocenters. The maximum absolute atomic E-state index is 13.3. The average Bonchev–Trinajstić information content (AvgIpc) is 2.62. The molecule has 150 valence electrons. The van der Waals surface area contributed by atoms with Gasteiger partial charge in [0.05, 0.1) is 34.7 Å². The lowest BCUT2D eigenvalue weighted by Gasteiger charge is -2.22. The summed E-state index contributed by atoms with van der Waals surface area (Å²) in [7, 11) is -2.69. The number of esters is 1. The van der Waals surface area contributed by atoms with E-state index < -0.39 is 34.3 Å². The molecule has 1 N–H and O–H groups in total. The highest BCUT2D eigenvalue weighted by molar-refractivity contribution is 7.92. The minimum absolute atomic E-state index is 0.0235. The first kappa shape index (κ1) is 21.9. The number of ether oxygens (including phenoxy) is 1. The molecule has 0 heterocycles. The van der Waals surface area contributed by atoms with Crippen LogP contribution >= 0.6 is 23.2 Å². The smallest absolute Gasteiger partial charge is 0.339 e. The first-order valence-corrected chi connectivity index (χ1v) is 10.2. The van der Waals surface area contributed by atoms with E-state index in [0.717, 1.165) is 22.7 Å². The summed E-state index contributed by atoms with van der Waals surface area (Å²) in [4.78, 5) is 24.0. The highest BCUT2D eigenvalue weighted by Gasteiger charge is 2.22. The maximum Gasteiger partial charge on any atom is 0.339 e. The van der Waals surface area contributed by atoms with Crippen LogP contribution in [0.2, 0.25) is 10.0 Å². The van der Waals surface area contributed by atoms with Crippen molar-refractivity contribution in [3.63, 3.8) is 0 Å². The lowest BCUT2D eigenvalue weighted by atomic mass is 10.2. The van der Waals surface area contributed by atoms with E-state index >= 15 is 0 Å². The minimum Gasteiger partial charge on any atom is -0.465 e. The van der Waals surface area contributed by atoms with Crippen LogP contribution in [0.3, 0.4) is 0 Å². The zero-order valence-electron chi connectivity index (χ0n) is 14.7. The van der Waals surface area contributed by atoms with Gasteiger partial charge in [-0.1, -0.05) is 23.2 Å². The van der Waals surface area contributed by atoms with E-state index in [9.17, 15) is 22.4 Å². The molecule has 0 aliphatic heterocycles. The van der Waals surface area contributed by atoms with Crippen molar-refractivity contribution in [2.24, 2.45) is 0 Å². The van der Waals surface area contributed by atoms with Crippen LogP contribution in [-0.2, 0) is 19.6 Å². The van der Waals surface area contributed by atoms with Crippen molar-refractivity contribution in [1.82, 2.24) is 0 Å². The predicted molar refractivity (Wildman–Crippen MR) is 105 cm³/mol. The molecule has 0 saturated carbocycles. The maximum atomic E-state index is 13.3. The molecule has 2 aromatic carbocycles. The Labute approximate surface area is 171 Å². The fourth-order valence-electron chi connectivity index (χ4n) is 2.24. The summed E-state index contributed by atoms with van der Waals surface area (Å²) in [5.41, 5.74) is 0.267. The predicted octanol–water partition coefficient (Wildman–Crippen LogP) is 3.32.